The molecule has 8 aromatic rings. The molecule has 0 spiro atoms. The van der Waals surface area contributed by atoms with Crippen LogP contribution in [0.3, 0.4) is 0 Å². The van der Waals surface area contributed by atoms with Crippen molar-refractivity contribution >= 4 is 22.1 Å². The minimum absolute atomic E-state index is 0.296. The molecule has 10 rings (SSSR count). The predicted molar refractivity (Wildman–Crippen MR) is 184 cm³/mol. The zero-order valence-electron chi connectivity index (χ0n) is 27.7. The van der Waals surface area contributed by atoms with Crippen molar-refractivity contribution < 1.29 is 9.05 Å². The first-order valence-corrected chi connectivity index (χ1v) is 16.8. The molecule has 2 N–H and O–H groups in total. The lowest BCUT2D eigenvalue weighted by Gasteiger charge is -2.45. The minimum atomic E-state index is -0.305. The SMILES string of the molecule is N#CCC1(n2cc(-c3ncnc4[nH]ccc34)cn2)CC(c2ccon2)C1.N#CCC1(n2cc(-c3ncnc4[nH]ccc34)cn2)CC(c2ccon2)C1. The predicted octanol–water partition coefficient (Wildman–Crippen LogP) is 5.99. The summed E-state index contributed by atoms with van der Waals surface area (Å²) in [6, 6.07) is 12.3. The van der Waals surface area contributed by atoms with Gasteiger partial charge in [0.15, 0.2) is 0 Å². The largest absolute Gasteiger partial charge is 0.365 e. The Hall–Kier alpha value is -6.94. The normalized spacial score (nSPS) is 22.2. The Balaban J connectivity index is 0.000000138. The monoisotopic (exact) mass is 690 g/mol. The van der Waals surface area contributed by atoms with Crippen LogP contribution >= 0.6 is 0 Å². The zero-order valence-corrected chi connectivity index (χ0v) is 27.7. The quantitative estimate of drug-likeness (QED) is 0.188. The Morgan fingerprint density at radius 1 is 0.673 bits per heavy atom. The van der Waals surface area contributed by atoms with E-state index in [-0.39, 0.29) is 11.1 Å². The molecule has 0 amide bonds. The molecule has 0 bridgehead atoms. The lowest BCUT2D eigenvalue weighted by molar-refractivity contribution is 0.0963. The summed E-state index contributed by atoms with van der Waals surface area (Å²) in [5.41, 5.74) is 6.37. The first kappa shape index (κ1) is 31.1. The Morgan fingerprint density at radius 3 is 1.54 bits per heavy atom. The molecule has 2 fully saturated rings. The standard InChI is InChI=1S/2C18H15N7O/c2*19-4-3-18(7-12(8-18)15-2-6-26-24-15)25-10-13(9-23-25)16-14-1-5-20-17(14)22-11-21-16/h2*1-2,5-6,9-12H,3,7-8H2,(H,20,21,22). The summed E-state index contributed by atoms with van der Waals surface area (Å²) in [5, 5.41) is 37.8. The van der Waals surface area contributed by atoms with Crippen molar-refractivity contribution in [2.24, 2.45) is 0 Å². The fourth-order valence-corrected chi connectivity index (χ4v) is 7.73. The molecule has 0 aliphatic heterocycles. The van der Waals surface area contributed by atoms with E-state index in [9.17, 15) is 10.5 Å². The number of nitrogens with zero attached hydrogens (tertiary/aromatic N) is 12. The van der Waals surface area contributed by atoms with Crippen LogP contribution < -0.4 is 0 Å². The first-order chi connectivity index (χ1) is 25.6. The Labute approximate surface area is 295 Å². The number of hydrogen-bond acceptors (Lipinski definition) is 12. The van der Waals surface area contributed by atoms with Gasteiger partial charge in [0.25, 0.3) is 0 Å². The van der Waals surface area contributed by atoms with Crippen molar-refractivity contribution in [3.63, 3.8) is 0 Å². The van der Waals surface area contributed by atoms with Crippen molar-refractivity contribution in [3.8, 4) is 34.7 Å². The molecule has 2 aliphatic rings. The molecule has 0 unspecified atom stereocenters. The van der Waals surface area contributed by atoms with E-state index in [1.165, 1.54) is 0 Å². The highest BCUT2D eigenvalue weighted by Crippen LogP contribution is 2.52. The van der Waals surface area contributed by atoms with Crippen LogP contribution in [0.15, 0.2) is 95.7 Å². The van der Waals surface area contributed by atoms with Gasteiger partial charge in [0, 0.05) is 70.7 Å². The summed E-state index contributed by atoms with van der Waals surface area (Å²) in [6.45, 7) is 0. The molecule has 8 aromatic heterocycles. The van der Waals surface area contributed by atoms with Crippen LogP contribution in [-0.4, -0.2) is 59.8 Å². The van der Waals surface area contributed by atoms with E-state index in [2.05, 4.69) is 62.6 Å². The van der Waals surface area contributed by atoms with Gasteiger partial charge in [0.1, 0.15) is 36.5 Å². The van der Waals surface area contributed by atoms with Crippen molar-refractivity contribution in [1.82, 2.24) is 59.8 Å². The summed E-state index contributed by atoms with van der Waals surface area (Å²) in [5.74, 6) is 0.593. The molecule has 2 aliphatic carbocycles. The van der Waals surface area contributed by atoms with Crippen LogP contribution in [0, 0.1) is 22.7 Å². The fraction of sp³-hybridized carbons (Fsp3) is 0.278. The maximum atomic E-state index is 9.33. The van der Waals surface area contributed by atoms with E-state index >= 15 is 0 Å². The molecule has 16 heteroatoms. The average molecular weight is 691 g/mol. The number of nitrogens with one attached hydrogen (secondary N) is 2. The third-order valence-electron chi connectivity index (χ3n) is 10.5. The second-order valence-electron chi connectivity index (χ2n) is 13.4. The van der Waals surface area contributed by atoms with Crippen molar-refractivity contribution in [2.45, 2.75) is 61.4 Å². The number of nitriles is 2. The van der Waals surface area contributed by atoms with Gasteiger partial charge >= 0.3 is 0 Å². The van der Waals surface area contributed by atoms with Gasteiger partial charge < -0.3 is 19.0 Å². The summed E-state index contributed by atoms with van der Waals surface area (Å²) < 4.78 is 13.7. The molecule has 256 valence electrons. The van der Waals surface area contributed by atoms with Crippen LogP contribution in [0.5, 0.6) is 0 Å². The molecular weight excluding hydrogens is 660 g/mol. The second kappa shape index (κ2) is 12.4. The molecule has 8 heterocycles. The average Bonchev–Trinajstić information content (AvgIpc) is 3.99. The molecule has 0 atom stereocenters. The third kappa shape index (κ3) is 5.20. The molecular formula is C36H30N14O2. The van der Waals surface area contributed by atoms with Crippen LogP contribution in [0.4, 0.5) is 0 Å². The third-order valence-corrected chi connectivity index (χ3v) is 10.5. The molecule has 0 radical (unpaired) electrons. The van der Waals surface area contributed by atoms with Crippen LogP contribution in [0.2, 0.25) is 0 Å². The molecule has 0 saturated heterocycles. The fourth-order valence-electron chi connectivity index (χ4n) is 7.73. The molecule has 2 saturated carbocycles. The van der Waals surface area contributed by atoms with E-state index in [0.29, 0.717) is 24.7 Å². The maximum Gasteiger partial charge on any atom is 0.141 e. The first-order valence-electron chi connectivity index (χ1n) is 16.8. The van der Waals surface area contributed by atoms with E-state index in [1.807, 2.05) is 58.4 Å². The number of H-pyrrole nitrogens is 2. The van der Waals surface area contributed by atoms with Gasteiger partial charge in [-0.05, 0) is 37.8 Å². The molecule has 52 heavy (non-hydrogen) atoms. The maximum absolute atomic E-state index is 9.33. The zero-order chi connectivity index (χ0) is 35.1. The van der Waals surface area contributed by atoms with Crippen LogP contribution in [0.25, 0.3) is 44.6 Å². The molecule has 16 nitrogen and oxygen atoms in total. The Kier molecular flexibility index (Phi) is 7.43. The van der Waals surface area contributed by atoms with Crippen LogP contribution in [-0.2, 0) is 11.1 Å². The van der Waals surface area contributed by atoms with E-state index in [0.717, 1.165) is 81.7 Å². The highest BCUT2D eigenvalue weighted by atomic mass is 16.5. The smallest absolute Gasteiger partial charge is 0.141 e. The summed E-state index contributed by atoms with van der Waals surface area (Å²) in [6.07, 6.45) is 21.6. The number of rotatable bonds is 8. The van der Waals surface area contributed by atoms with Crippen molar-refractivity contribution in [2.75, 3.05) is 0 Å². The molecule has 0 aromatic carbocycles. The van der Waals surface area contributed by atoms with Gasteiger partial charge in [-0.25, -0.2) is 19.9 Å². The summed E-state index contributed by atoms with van der Waals surface area (Å²) in [7, 11) is 0. The summed E-state index contributed by atoms with van der Waals surface area (Å²) in [4.78, 5) is 23.5. The van der Waals surface area contributed by atoms with Crippen molar-refractivity contribution in [1.29, 1.82) is 10.5 Å². The van der Waals surface area contributed by atoms with Gasteiger partial charge in [-0.3, -0.25) is 9.36 Å². The Morgan fingerprint density at radius 2 is 1.13 bits per heavy atom. The highest BCUT2D eigenvalue weighted by Gasteiger charge is 2.49. The van der Waals surface area contributed by atoms with Crippen LogP contribution in [0.1, 0.15) is 61.7 Å². The second-order valence-corrected chi connectivity index (χ2v) is 13.4. The highest BCUT2D eigenvalue weighted by molar-refractivity contribution is 5.90. The number of fused-ring (bicyclic) bond motifs is 2. The number of aromatic amines is 2. The number of aromatic nitrogens is 12. The van der Waals surface area contributed by atoms with E-state index < -0.39 is 0 Å². The minimum Gasteiger partial charge on any atom is -0.365 e. The van der Waals surface area contributed by atoms with Gasteiger partial charge in [0.05, 0.1) is 71.2 Å². The number of hydrogen-bond donors (Lipinski definition) is 2. The van der Waals surface area contributed by atoms with Gasteiger partial charge in [-0.2, -0.15) is 20.7 Å². The van der Waals surface area contributed by atoms with Gasteiger partial charge in [0.2, 0.25) is 0 Å². The van der Waals surface area contributed by atoms with Gasteiger partial charge in [-0.1, -0.05) is 10.3 Å². The topological polar surface area (TPSA) is 218 Å². The summed E-state index contributed by atoms with van der Waals surface area (Å²) >= 11 is 0. The lowest BCUT2D eigenvalue weighted by atomic mass is 9.65. The van der Waals surface area contributed by atoms with Gasteiger partial charge in [-0.15, -0.1) is 0 Å². The van der Waals surface area contributed by atoms with Crippen molar-refractivity contribution in [3.05, 3.63) is 98.0 Å². The lowest BCUT2D eigenvalue weighted by Crippen LogP contribution is -2.45. The Bertz CT molecular complexity index is 2370. The van der Waals surface area contributed by atoms with E-state index in [1.54, 1.807) is 37.6 Å². The van der Waals surface area contributed by atoms with E-state index in [4.69, 9.17) is 9.05 Å².